The predicted molar refractivity (Wildman–Crippen MR) is 82.5 cm³/mol. The van der Waals surface area contributed by atoms with Gasteiger partial charge in [-0.3, -0.25) is 4.90 Å². The van der Waals surface area contributed by atoms with Gasteiger partial charge in [-0.05, 0) is 47.5 Å². The number of rotatable bonds is 2. The van der Waals surface area contributed by atoms with Crippen LogP contribution in [-0.2, 0) is 6.54 Å². The van der Waals surface area contributed by atoms with Crippen molar-refractivity contribution in [3.8, 4) is 11.5 Å². The Labute approximate surface area is 128 Å². The van der Waals surface area contributed by atoms with Crippen LogP contribution in [0.2, 0.25) is 0 Å². The summed E-state index contributed by atoms with van der Waals surface area (Å²) in [5, 5.41) is 3.51. The number of nitrogens with one attached hydrogen (secondary N) is 1. The van der Waals surface area contributed by atoms with Crippen molar-refractivity contribution in [2.45, 2.75) is 32.5 Å². The quantitative estimate of drug-likeness (QED) is 0.896. The second kappa shape index (κ2) is 5.92. The Bertz CT molecular complexity index is 495. The van der Waals surface area contributed by atoms with Gasteiger partial charge in [-0.15, -0.1) is 0 Å². The van der Waals surface area contributed by atoms with Crippen molar-refractivity contribution in [2.75, 3.05) is 26.3 Å². The van der Waals surface area contributed by atoms with Crippen LogP contribution >= 0.6 is 15.9 Å². The van der Waals surface area contributed by atoms with Crippen LogP contribution in [0.5, 0.6) is 11.5 Å². The molecule has 2 aliphatic heterocycles. The highest BCUT2D eigenvalue weighted by Crippen LogP contribution is 2.38. The Balaban J connectivity index is 1.78. The minimum atomic E-state index is 0.548. The third-order valence-electron chi connectivity index (χ3n) is 3.94. The van der Waals surface area contributed by atoms with Gasteiger partial charge in [0.05, 0.1) is 4.47 Å². The van der Waals surface area contributed by atoms with Gasteiger partial charge < -0.3 is 14.8 Å². The van der Waals surface area contributed by atoms with E-state index in [4.69, 9.17) is 9.47 Å². The first-order valence-electron chi connectivity index (χ1n) is 7.19. The van der Waals surface area contributed by atoms with E-state index in [1.165, 1.54) is 5.56 Å². The van der Waals surface area contributed by atoms with Crippen molar-refractivity contribution in [3.05, 3.63) is 22.2 Å². The smallest absolute Gasteiger partial charge is 0.175 e. The number of hydrogen-bond donors (Lipinski definition) is 1. The lowest BCUT2D eigenvalue weighted by atomic mass is 10.1. The summed E-state index contributed by atoms with van der Waals surface area (Å²) in [6.07, 6.45) is 0. The summed E-state index contributed by atoms with van der Waals surface area (Å²) in [6, 6.07) is 5.36. The second-order valence-corrected chi connectivity index (χ2v) is 6.54. The zero-order valence-corrected chi connectivity index (χ0v) is 13.6. The molecule has 0 aromatic heterocycles. The minimum absolute atomic E-state index is 0.548. The van der Waals surface area contributed by atoms with Gasteiger partial charge in [-0.25, -0.2) is 0 Å². The number of piperazine rings is 1. The molecule has 3 rings (SSSR count). The number of halogens is 1. The molecule has 1 aromatic rings. The first kappa shape index (κ1) is 14.2. The van der Waals surface area contributed by atoms with Gasteiger partial charge in [0.2, 0.25) is 0 Å². The molecular weight excluding hydrogens is 320 g/mol. The molecule has 1 aromatic carbocycles. The van der Waals surface area contributed by atoms with E-state index in [0.29, 0.717) is 25.3 Å². The highest BCUT2D eigenvalue weighted by atomic mass is 79.9. The molecular formula is C15H21BrN2O2. The first-order chi connectivity index (χ1) is 9.63. The molecule has 1 N–H and O–H groups in total. The molecule has 0 aliphatic carbocycles. The molecule has 0 radical (unpaired) electrons. The zero-order valence-electron chi connectivity index (χ0n) is 12.0. The summed E-state index contributed by atoms with van der Waals surface area (Å²) in [5.41, 5.74) is 1.27. The molecule has 2 atom stereocenters. The van der Waals surface area contributed by atoms with Crippen molar-refractivity contribution >= 4 is 15.9 Å². The van der Waals surface area contributed by atoms with Crippen LogP contribution in [0.3, 0.4) is 0 Å². The van der Waals surface area contributed by atoms with Gasteiger partial charge >= 0.3 is 0 Å². The lowest BCUT2D eigenvalue weighted by Crippen LogP contribution is -2.53. The molecule has 0 amide bonds. The highest BCUT2D eigenvalue weighted by molar-refractivity contribution is 9.10. The van der Waals surface area contributed by atoms with Crippen molar-refractivity contribution in [1.82, 2.24) is 10.2 Å². The van der Waals surface area contributed by atoms with Crippen LogP contribution in [-0.4, -0.2) is 43.3 Å². The third kappa shape index (κ3) is 2.95. The van der Waals surface area contributed by atoms with E-state index < -0.39 is 0 Å². The van der Waals surface area contributed by atoms with E-state index in [1.807, 2.05) is 0 Å². The van der Waals surface area contributed by atoms with E-state index in [2.05, 4.69) is 52.1 Å². The maximum Gasteiger partial charge on any atom is 0.175 e. The SMILES string of the molecule is CC1CN(Cc2cc(Br)c3c(c2)OCCO3)C(C)CN1. The molecule has 2 unspecified atom stereocenters. The van der Waals surface area contributed by atoms with Crippen molar-refractivity contribution < 1.29 is 9.47 Å². The van der Waals surface area contributed by atoms with Crippen LogP contribution in [0.25, 0.3) is 0 Å². The van der Waals surface area contributed by atoms with Crippen LogP contribution in [0.4, 0.5) is 0 Å². The lowest BCUT2D eigenvalue weighted by Gasteiger charge is -2.37. The van der Waals surface area contributed by atoms with Gasteiger partial charge in [0.1, 0.15) is 13.2 Å². The molecule has 2 aliphatic rings. The molecule has 0 saturated carbocycles. The Kier molecular flexibility index (Phi) is 4.19. The van der Waals surface area contributed by atoms with E-state index >= 15 is 0 Å². The Morgan fingerprint density at radius 2 is 2.10 bits per heavy atom. The van der Waals surface area contributed by atoms with Crippen molar-refractivity contribution in [2.24, 2.45) is 0 Å². The Morgan fingerprint density at radius 1 is 1.30 bits per heavy atom. The van der Waals surface area contributed by atoms with E-state index in [-0.39, 0.29) is 0 Å². The molecule has 110 valence electrons. The summed E-state index contributed by atoms with van der Waals surface area (Å²) in [6.45, 7) is 8.83. The number of hydrogen-bond acceptors (Lipinski definition) is 4. The van der Waals surface area contributed by atoms with Crippen LogP contribution < -0.4 is 14.8 Å². The van der Waals surface area contributed by atoms with E-state index in [1.54, 1.807) is 0 Å². The highest BCUT2D eigenvalue weighted by Gasteiger charge is 2.23. The van der Waals surface area contributed by atoms with Crippen LogP contribution in [0.15, 0.2) is 16.6 Å². The fourth-order valence-corrected chi connectivity index (χ4v) is 3.41. The van der Waals surface area contributed by atoms with Gasteiger partial charge in [0.25, 0.3) is 0 Å². The average Bonchev–Trinajstić information content (AvgIpc) is 2.43. The molecule has 2 heterocycles. The number of benzene rings is 1. The fraction of sp³-hybridized carbons (Fsp3) is 0.600. The monoisotopic (exact) mass is 340 g/mol. The largest absolute Gasteiger partial charge is 0.486 e. The predicted octanol–water partition coefficient (Wildman–Crippen LogP) is 2.40. The summed E-state index contributed by atoms with van der Waals surface area (Å²) in [7, 11) is 0. The molecule has 1 fully saturated rings. The second-order valence-electron chi connectivity index (χ2n) is 5.69. The summed E-state index contributed by atoms with van der Waals surface area (Å²) < 4.78 is 12.3. The first-order valence-corrected chi connectivity index (χ1v) is 7.98. The maximum absolute atomic E-state index is 5.70. The number of nitrogens with zero attached hydrogens (tertiary/aromatic N) is 1. The van der Waals surface area contributed by atoms with Gasteiger partial charge in [0.15, 0.2) is 11.5 Å². The van der Waals surface area contributed by atoms with E-state index in [0.717, 1.165) is 35.6 Å². The summed E-state index contributed by atoms with van der Waals surface area (Å²) in [5.74, 6) is 1.69. The summed E-state index contributed by atoms with van der Waals surface area (Å²) >= 11 is 3.59. The minimum Gasteiger partial charge on any atom is -0.486 e. The topological polar surface area (TPSA) is 33.7 Å². The fourth-order valence-electron chi connectivity index (χ4n) is 2.81. The van der Waals surface area contributed by atoms with Gasteiger partial charge in [-0.2, -0.15) is 0 Å². The molecule has 0 spiro atoms. The molecule has 20 heavy (non-hydrogen) atoms. The van der Waals surface area contributed by atoms with E-state index in [9.17, 15) is 0 Å². The summed E-state index contributed by atoms with van der Waals surface area (Å²) in [4.78, 5) is 2.51. The Hall–Kier alpha value is -0.780. The standard InChI is InChI=1S/C15H21BrN2O2/c1-10-8-18(11(2)7-17-10)9-12-5-13(16)15-14(6-12)19-3-4-20-15/h5-6,10-11,17H,3-4,7-9H2,1-2H3. The number of ether oxygens (including phenoxy) is 2. The van der Waals surface area contributed by atoms with Gasteiger partial charge in [-0.1, -0.05) is 0 Å². The molecule has 0 bridgehead atoms. The lowest BCUT2D eigenvalue weighted by molar-refractivity contribution is 0.138. The van der Waals surface area contributed by atoms with Gasteiger partial charge in [0, 0.05) is 31.7 Å². The third-order valence-corrected chi connectivity index (χ3v) is 4.52. The molecule has 1 saturated heterocycles. The zero-order chi connectivity index (χ0) is 14.1. The average molecular weight is 341 g/mol. The van der Waals surface area contributed by atoms with Crippen molar-refractivity contribution in [1.29, 1.82) is 0 Å². The molecule has 5 heteroatoms. The Morgan fingerprint density at radius 3 is 2.95 bits per heavy atom. The maximum atomic E-state index is 5.70. The van der Waals surface area contributed by atoms with Crippen LogP contribution in [0, 0.1) is 0 Å². The molecule has 4 nitrogen and oxygen atoms in total. The normalized spacial score (nSPS) is 26.6. The number of fused-ring (bicyclic) bond motifs is 1. The van der Waals surface area contributed by atoms with Crippen molar-refractivity contribution in [3.63, 3.8) is 0 Å². The van der Waals surface area contributed by atoms with Crippen LogP contribution in [0.1, 0.15) is 19.4 Å².